The lowest BCUT2D eigenvalue weighted by Crippen LogP contribution is -2.24. The number of benzene rings is 1. The average Bonchev–Trinajstić information content (AvgIpc) is 2.48. The number of hydrogen-bond acceptors (Lipinski definition) is 3. The van der Waals surface area contributed by atoms with E-state index in [4.69, 9.17) is 4.74 Å². The molecule has 3 heteroatoms. The fraction of sp³-hybridized carbons (Fsp3) is 0.353. The van der Waals surface area contributed by atoms with Crippen LogP contribution in [-0.2, 0) is 6.42 Å². The van der Waals surface area contributed by atoms with E-state index >= 15 is 0 Å². The Balaban J connectivity index is 2.28. The lowest BCUT2D eigenvalue weighted by Gasteiger charge is -2.21. The molecule has 0 aliphatic carbocycles. The van der Waals surface area contributed by atoms with Crippen LogP contribution < -0.4 is 10.1 Å². The quantitative estimate of drug-likeness (QED) is 0.874. The van der Waals surface area contributed by atoms with Gasteiger partial charge in [-0.3, -0.25) is 4.98 Å². The van der Waals surface area contributed by atoms with E-state index in [-0.39, 0.29) is 6.04 Å². The molecule has 106 valence electrons. The number of pyridine rings is 1. The van der Waals surface area contributed by atoms with Gasteiger partial charge in [0.15, 0.2) is 0 Å². The van der Waals surface area contributed by atoms with Gasteiger partial charge in [0.1, 0.15) is 5.75 Å². The number of ether oxygens (including phenoxy) is 1. The summed E-state index contributed by atoms with van der Waals surface area (Å²) in [5, 5.41) is 3.56. The molecule has 0 radical (unpaired) electrons. The highest BCUT2D eigenvalue weighted by Gasteiger charge is 2.15. The SMILES string of the molecule is CCNC(Cc1ccccc1OC)c1ccncc1C. The Morgan fingerprint density at radius 2 is 2.05 bits per heavy atom. The molecule has 3 nitrogen and oxygen atoms in total. The maximum Gasteiger partial charge on any atom is 0.122 e. The van der Waals surface area contributed by atoms with Gasteiger partial charge in [-0.1, -0.05) is 25.1 Å². The summed E-state index contributed by atoms with van der Waals surface area (Å²) in [6.45, 7) is 5.17. The maximum atomic E-state index is 5.45. The molecule has 0 fully saturated rings. The molecule has 1 atom stereocenters. The topological polar surface area (TPSA) is 34.1 Å². The zero-order chi connectivity index (χ0) is 14.4. The summed E-state index contributed by atoms with van der Waals surface area (Å²) in [7, 11) is 1.72. The summed E-state index contributed by atoms with van der Waals surface area (Å²) in [6.07, 6.45) is 4.68. The van der Waals surface area contributed by atoms with E-state index < -0.39 is 0 Å². The van der Waals surface area contributed by atoms with Crippen LogP contribution in [0.25, 0.3) is 0 Å². The van der Waals surface area contributed by atoms with Crippen LogP contribution in [0.5, 0.6) is 5.75 Å². The van der Waals surface area contributed by atoms with Gasteiger partial charge in [0, 0.05) is 18.4 Å². The zero-order valence-electron chi connectivity index (χ0n) is 12.4. The first-order valence-electron chi connectivity index (χ1n) is 7.02. The molecule has 0 aliphatic heterocycles. The number of methoxy groups -OCH3 is 1. The lowest BCUT2D eigenvalue weighted by atomic mass is 9.96. The second kappa shape index (κ2) is 7.06. The largest absolute Gasteiger partial charge is 0.496 e. The molecule has 0 saturated heterocycles. The van der Waals surface area contributed by atoms with Crippen molar-refractivity contribution in [1.29, 1.82) is 0 Å². The maximum absolute atomic E-state index is 5.45. The number of para-hydroxylation sites is 1. The molecular weight excluding hydrogens is 248 g/mol. The van der Waals surface area contributed by atoms with Gasteiger partial charge in [-0.05, 0) is 48.7 Å². The predicted molar refractivity (Wildman–Crippen MR) is 82.1 cm³/mol. The van der Waals surface area contributed by atoms with E-state index in [1.54, 1.807) is 7.11 Å². The highest BCUT2D eigenvalue weighted by atomic mass is 16.5. The fourth-order valence-electron chi connectivity index (χ4n) is 2.51. The van der Waals surface area contributed by atoms with Crippen LogP contribution in [0, 0.1) is 6.92 Å². The zero-order valence-corrected chi connectivity index (χ0v) is 12.4. The molecule has 1 unspecified atom stereocenters. The Kier molecular flexibility index (Phi) is 5.13. The number of hydrogen-bond donors (Lipinski definition) is 1. The molecule has 0 saturated carbocycles. The van der Waals surface area contributed by atoms with Gasteiger partial charge in [0.25, 0.3) is 0 Å². The van der Waals surface area contributed by atoms with Crippen molar-refractivity contribution in [2.24, 2.45) is 0 Å². The minimum Gasteiger partial charge on any atom is -0.496 e. The van der Waals surface area contributed by atoms with Crippen molar-refractivity contribution in [2.45, 2.75) is 26.3 Å². The predicted octanol–water partition coefficient (Wildman–Crippen LogP) is 3.29. The van der Waals surface area contributed by atoms with E-state index in [0.29, 0.717) is 0 Å². The minimum absolute atomic E-state index is 0.277. The number of aromatic nitrogens is 1. The van der Waals surface area contributed by atoms with E-state index in [2.05, 4.69) is 42.3 Å². The van der Waals surface area contributed by atoms with Gasteiger partial charge in [-0.15, -0.1) is 0 Å². The highest BCUT2D eigenvalue weighted by Crippen LogP contribution is 2.26. The van der Waals surface area contributed by atoms with Crippen LogP contribution in [-0.4, -0.2) is 18.6 Å². The van der Waals surface area contributed by atoms with Gasteiger partial charge in [-0.2, -0.15) is 0 Å². The summed E-state index contributed by atoms with van der Waals surface area (Å²) in [5.41, 5.74) is 3.73. The molecule has 0 spiro atoms. The van der Waals surface area contributed by atoms with Crippen molar-refractivity contribution in [3.8, 4) is 5.75 Å². The van der Waals surface area contributed by atoms with Crippen LogP contribution in [0.2, 0.25) is 0 Å². The number of aryl methyl sites for hydroxylation is 1. The third-order valence-corrected chi connectivity index (χ3v) is 3.51. The Labute approximate surface area is 121 Å². The van der Waals surface area contributed by atoms with Crippen LogP contribution >= 0.6 is 0 Å². The fourth-order valence-corrected chi connectivity index (χ4v) is 2.51. The van der Waals surface area contributed by atoms with Gasteiger partial charge in [-0.25, -0.2) is 0 Å². The lowest BCUT2D eigenvalue weighted by molar-refractivity contribution is 0.405. The molecule has 20 heavy (non-hydrogen) atoms. The van der Waals surface area contributed by atoms with Crippen LogP contribution in [0.3, 0.4) is 0 Å². The summed E-state index contributed by atoms with van der Waals surface area (Å²) < 4.78 is 5.45. The molecular formula is C17H22N2O. The van der Waals surface area contributed by atoms with Crippen LogP contribution in [0.4, 0.5) is 0 Å². The van der Waals surface area contributed by atoms with Crippen molar-refractivity contribution in [3.05, 3.63) is 59.4 Å². The van der Waals surface area contributed by atoms with Gasteiger partial charge >= 0.3 is 0 Å². The Morgan fingerprint density at radius 3 is 2.75 bits per heavy atom. The number of likely N-dealkylation sites (N-methyl/N-ethyl adjacent to an activating group) is 1. The van der Waals surface area contributed by atoms with Crippen molar-refractivity contribution in [3.63, 3.8) is 0 Å². The first kappa shape index (κ1) is 14.5. The summed E-state index contributed by atoms with van der Waals surface area (Å²) >= 11 is 0. The van der Waals surface area contributed by atoms with Crippen molar-refractivity contribution in [2.75, 3.05) is 13.7 Å². The summed E-state index contributed by atoms with van der Waals surface area (Å²) in [4.78, 5) is 4.18. The monoisotopic (exact) mass is 270 g/mol. The summed E-state index contributed by atoms with van der Waals surface area (Å²) in [5.74, 6) is 0.946. The molecule has 1 aromatic heterocycles. The van der Waals surface area contributed by atoms with Gasteiger partial charge in [0.2, 0.25) is 0 Å². The van der Waals surface area contributed by atoms with E-state index in [9.17, 15) is 0 Å². The molecule has 1 heterocycles. The average molecular weight is 270 g/mol. The molecule has 0 aliphatic rings. The van der Waals surface area contributed by atoms with Crippen LogP contribution in [0.15, 0.2) is 42.7 Å². The van der Waals surface area contributed by atoms with Gasteiger partial charge in [0.05, 0.1) is 7.11 Å². The number of nitrogens with zero attached hydrogens (tertiary/aromatic N) is 1. The normalized spacial score (nSPS) is 12.2. The first-order chi connectivity index (χ1) is 9.76. The molecule has 1 N–H and O–H groups in total. The Bertz CT molecular complexity index is 554. The Hall–Kier alpha value is -1.87. The second-order valence-corrected chi connectivity index (χ2v) is 4.86. The minimum atomic E-state index is 0.277. The standard InChI is InChI=1S/C17H22N2O/c1-4-19-16(15-9-10-18-12-13(15)2)11-14-7-5-6-8-17(14)20-3/h5-10,12,16,19H,4,11H2,1-3H3. The molecule has 2 aromatic rings. The van der Waals surface area contributed by atoms with E-state index in [1.807, 2.05) is 24.5 Å². The first-order valence-corrected chi connectivity index (χ1v) is 7.02. The smallest absolute Gasteiger partial charge is 0.122 e. The third kappa shape index (κ3) is 3.36. The van der Waals surface area contributed by atoms with Crippen molar-refractivity contribution >= 4 is 0 Å². The van der Waals surface area contributed by atoms with E-state index in [0.717, 1.165) is 18.7 Å². The van der Waals surface area contributed by atoms with Crippen molar-refractivity contribution < 1.29 is 4.74 Å². The molecule has 0 bridgehead atoms. The highest BCUT2D eigenvalue weighted by molar-refractivity contribution is 5.36. The van der Waals surface area contributed by atoms with Gasteiger partial charge < -0.3 is 10.1 Å². The van der Waals surface area contributed by atoms with Crippen molar-refractivity contribution in [1.82, 2.24) is 10.3 Å². The molecule has 2 rings (SSSR count). The third-order valence-electron chi connectivity index (χ3n) is 3.51. The molecule has 0 amide bonds. The second-order valence-electron chi connectivity index (χ2n) is 4.86. The molecule has 1 aromatic carbocycles. The number of nitrogens with one attached hydrogen (secondary N) is 1. The number of rotatable bonds is 6. The van der Waals surface area contributed by atoms with E-state index in [1.165, 1.54) is 16.7 Å². The summed E-state index contributed by atoms with van der Waals surface area (Å²) in [6, 6.07) is 10.6. The Morgan fingerprint density at radius 1 is 1.25 bits per heavy atom. The van der Waals surface area contributed by atoms with Crippen LogP contribution in [0.1, 0.15) is 29.7 Å².